The summed E-state index contributed by atoms with van der Waals surface area (Å²) in [6.45, 7) is 1.56. The molecule has 0 fully saturated rings. The Balaban J connectivity index is 2.13. The van der Waals surface area contributed by atoms with Gasteiger partial charge in [-0.15, -0.1) is 11.3 Å². The zero-order chi connectivity index (χ0) is 18.1. The van der Waals surface area contributed by atoms with Gasteiger partial charge in [0.1, 0.15) is 11.4 Å². The molecule has 0 saturated carbocycles. The van der Waals surface area contributed by atoms with Crippen molar-refractivity contribution >= 4 is 45.1 Å². The predicted octanol–water partition coefficient (Wildman–Crippen LogP) is 2.28. The van der Waals surface area contributed by atoms with Gasteiger partial charge in [-0.05, 0) is 24.6 Å². The van der Waals surface area contributed by atoms with E-state index in [1.807, 2.05) is 24.4 Å². The second-order valence-corrected chi connectivity index (χ2v) is 6.95. The minimum atomic E-state index is -0.972. The quantitative estimate of drug-likeness (QED) is 0.731. The molecule has 2 aromatic heterocycles. The Morgan fingerprint density at radius 2 is 2.00 bits per heavy atom. The average Bonchev–Trinajstić information content (AvgIpc) is 2.87. The highest BCUT2D eigenvalue weighted by Gasteiger charge is 2.18. The Hall–Kier alpha value is -2.71. The summed E-state index contributed by atoms with van der Waals surface area (Å²) in [7, 11) is 0. The van der Waals surface area contributed by atoms with E-state index >= 15 is 0 Å². The van der Waals surface area contributed by atoms with Crippen molar-refractivity contribution in [2.75, 3.05) is 0 Å². The van der Waals surface area contributed by atoms with Crippen molar-refractivity contribution in [3.05, 3.63) is 50.8 Å². The molecule has 7 nitrogen and oxygen atoms in total. The van der Waals surface area contributed by atoms with E-state index in [4.69, 9.17) is 17.3 Å². The predicted molar refractivity (Wildman–Crippen MR) is 96.8 cm³/mol. The zero-order valence-corrected chi connectivity index (χ0v) is 14.6. The fraction of sp³-hybridized carbons (Fsp3) is 0.125. The standard InChI is InChI=1S/C16H13ClN4O3S/c1-8-12(9-2-4-10(17)5-3-9)13-14(25-8)19-7-21(15(13)23)6-11(22)20-16(18)24/h2-5,7H,6H2,1H3,(H3,18,20,22,24). The molecule has 1 aromatic carbocycles. The summed E-state index contributed by atoms with van der Waals surface area (Å²) in [6, 6.07) is 6.17. The molecule has 3 aromatic rings. The van der Waals surface area contributed by atoms with Crippen molar-refractivity contribution in [2.24, 2.45) is 5.73 Å². The zero-order valence-electron chi connectivity index (χ0n) is 13.1. The van der Waals surface area contributed by atoms with Crippen LogP contribution in [-0.2, 0) is 11.3 Å². The lowest BCUT2D eigenvalue weighted by Gasteiger charge is -2.06. The van der Waals surface area contributed by atoms with E-state index in [1.54, 1.807) is 12.1 Å². The van der Waals surface area contributed by atoms with E-state index < -0.39 is 11.9 Å². The topological polar surface area (TPSA) is 107 Å². The highest BCUT2D eigenvalue weighted by atomic mass is 35.5. The van der Waals surface area contributed by atoms with Gasteiger partial charge < -0.3 is 5.73 Å². The number of thiophene rings is 1. The number of hydrogen-bond donors (Lipinski definition) is 2. The summed E-state index contributed by atoms with van der Waals surface area (Å²) in [6.07, 6.45) is 1.28. The molecule has 0 atom stereocenters. The van der Waals surface area contributed by atoms with Crippen LogP contribution in [0.5, 0.6) is 0 Å². The number of fused-ring (bicyclic) bond motifs is 1. The largest absolute Gasteiger partial charge is 0.351 e. The minimum absolute atomic E-state index is 0.348. The average molecular weight is 377 g/mol. The Labute approximate surface area is 151 Å². The van der Waals surface area contributed by atoms with Crippen molar-refractivity contribution < 1.29 is 9.59 Å². The number of rotatable bonds is 3. The first kappa shape index (κ1) is 17.1. The monoisotopic (exact) mass is 376 g/mol. The van der Waals surface area contributed by atoms with Gasteiger partial charge in [0.15, 0.2) is 0 Å². The number of amides is 3. The Morgan fingerprint density at radius 1 is 1.32 bits per heavy atom. The summed E-state index contributed by atoms with van der Waals surface area (Å²) in [5, 5.41) is 2.95. The number of aromatic nitrogens is 2. The van der Waals surface area contributed by atoms with Crippen LogP contribution in [0.15, 0.2) is 35.4 Å². The van der Waals surface area contributed by atoms with E-state index in [1.165, 1.54) is 17.7 Å². The van der Waals surface area contributed by atoms with Gasteiger partial charge in [0.2, 0.25) is 5.91 Å². The van der Waals surface area contributed by atoms with Gasteiger partial charge in [-0.2, -0.15) is 0 Å². The van der Waals surface area contributed by atoms with Crippen molar-refractivity contribution in [1.29, 1.82) is 0 Å². The summed E-state index contributed by atoms with van der Waals surface area (Å²) in [4.78, 5) is 41.0. The first-order chi connectivity index (χ1) is 11.9. The van der Waals surface area contributed by atoms with Gasteiger partial charge in [-0.25, -0.2) is 9.78 Å². The molecule has 9 heteroatoms. The van der Waals surface area contributed by atoms with Crippen molar-refractivity contribution in [1.82, 2.24) is 14.9 Å². The van der Waals surface area contributed by atoms with Gasteiger partial charge in [-0.1, -0.05) is 23.7 Å². The first-order valence-corrected chi connectivity index (χ1v) is 8.40. The number of carbonyl (C=O) groups is 2. The fourth-order valence-electron chi connectivity index (χ4n) is 2.55. The first-order valence-electron chi connectivity index (χ1n) is 7.20. The number of primary amides is 1. The van der Waals surface area contributed by atoms with Crippen LogP contribution in [0.3, 0.4) is 0 Å². The Morgan fingerprint density at radius 3 is 2.64 bits per heavy atom. The number of nitrogens with zero attached hydrogens (tertiary/aromatic N) is 2. The van der Waals surface area contributed by atoms with Crippen LogP contribution in [0.25, 0.3) is 21.3 Å². The number of halogens is 1. The molecule has 3 amide bonds. The molecule has 0 aliphatic rings. The number of urea groups is 1. The van der Waals surface area contributed by atoms with E-state index in [-0.39, 0.29) is 12.1 Å². The molecule has 2 heterocycles. The normalized spacial score (nSPS) is 10.8. The number of benzene rings is 1. The molecule has 0 aliphatic carbocycles. The molecule has 0 bridgehead atoms. The van der Waals surface area contributed by atoms with E-state index in [2.05, 4.69) is 4.98 Å². The second-order valence-electron chi connectivity index (χ2n) is 5.31. The van der Waals surface area contributed by atoms with E-state index in [9.17, 15) is 14.4 Å². The van der Waals surface area contributed by atoms with Crippen LogP contribution in [0, 0.1) is 6.92 Å². The second kappa shape index (κ2) is 6.66. The van der Waals surface area contributed by atoms with E-state index in [0.717, 1.165) is 20.6 Å². The van der Waals surface area contributed by atoms with Crippen LogP contribution in [0.4, 0.5) is 4.79 Å². The van der Waals surface area contributed by atoms with Gasteiger partial charge in [-0.3, -0.25) is 19.5 Å². The number of nitrogens with one attached hydrogen (secondary N) is 1. The maximum absolute atomic E-state index is 12.8. The van der Waals surface area contributed by atoms with Crippen molar-refractivity contribution in [3.63, 3.8) is 0 Å². The molecule has 0 aliphatic heterocycles. The van der Waals surface area contributed by atoms with E-state index in [0.29, 0.717) is 15.2 Å². The maximum atomic E-state index is 12.8. The smallest absolute Gasteiger partial charge is 0.318 e. The number of hydrogen-bond acceptors (Lipinski definition) is 5. The lowest BCUT2D eigenvalue weighted by Crippen LogP contribution is -2.39. The molecule has 0 saturated heterocycles. The maximum Gasteiger partial charge on any atom is 0.318 e. The van der Waals surface area contributed by atoms with Gasteiger partial charge >= 0.3 is 6.03 Å². The molecule has 0 unspecified atom stereocenters. The Kier molecular flexibility index (Phi) is 4.56. The lowest BCUT2D eigenvalue weighted by molar-refractivity contribution is -0.120. The number of aryl methyl sites for hydroxylation is 1. The summed E-state index contributed by atoms with van der Waals surface area (Å²) in [5.41, 5.74) is 6.15. The lowest BCUT2D eigenvalue weighted by atomic mass is 10.0. The molecule has 0 radical (unpaired) electrons. The summed E-state index contributed by atoms with van der Waals surface area (Å²) >= 11 is 7.33. The van der Waals surface area contributed by atoms with Crippen LogP contribution < -0.4 is 16.6 Å². The molecule has 3 N–H and O–H groups in total. The third-order valence-corrected chi connectivity index (χ3v) is 4.83. The molecule has 128 valence electrons. The molecular weight excluding hydrogens is 364 g/mol. The van der Waals surface area contributed by atoms with Crippen LogP contribution >= 0.6 is 22.9 Å². The Bertz CT molecular complexity index is 1040. The SMILES string of the molecule is Cc1sc2ncn(CC(=O)NC(N)=O)c(=O)c2c1-c1ccc(Cl)cc1. The van der Waals surface area contributed by atoms with Gasteiger partial charge in [0, 0.05) is 15.5 Å². The highest BCUT2D eigenvalue weighted by Crippen LogP contribution is 2.35. The van der Waals surface area contributed by atoms with Crippen molar-refractivity contribution in [2.45, 2.75) is 13.5 Å². The minimum Gasteiger partial charge on any atom is -0.351 e. The fourth-order valence-corrected chi connectivity index (χ4v) is 3.68. The summed E-state index contributed by atoms with van der Waals surface area (Å²) < 4.78 is 1.15. The molecule has 0 spiro atoms. The van der Waals surface area contributed by atoms with Crippen LogP contribution in [0.1, 0.15) is 4.88 Å². The molecule has 25 heavy (non-hydrogen) atoms. The molecule has 3 rings (SSSR count). The highest BCUT2D eigenvalue weighted by molar-refractivity contribution is 7.19. The van der Waals surface area contributed by atoms with Crippen LogP contribution in [-0.4, -0.2) is 21.5 Å². The number of carbonyl (C=O) groups excluding carboxylic acids is 2. The number of nitrogens with two attached hydrogens (primary N) is 1. The van der Waals surface area contributed by atoms with Crippen LogP contribution in [0.2, 0.25) is 5.02 Å². The third-order valence-electron chi connectivity index (χ3n) is 3.56. The summed E-state index contributed by atoms with van der Waals surface area (Å²) in [5.74, 6) is -0.684. The molecular formula is C16H13ClN4O3S. The van der Waals surface area contributed by atoms with Crippen molar-refractivity contribution in [3.8, 4) is 11.1 Å². The van der Waals surface area contributed by atoms with Gasteiger partial charge in [0.25, 0.3) is 5.56 Å². The van der Waals surface area contributed by atoms with Gasteiger partial charge in [0.05, 0.1) is 11.7 Å². The number of imide groups is 1. The third kappa shape index (κ3) is 3.40.